The summed E-state index contributed by atoms with van der Waals surface area (Å²) in [5.41, 5.74) is -0.0301. The van der Waals surface area contributed by atoms with E-state index in [-0.39, 0.29) is 11.5 Å². The summed E-state index contributed by atoms with van der Waals surface area (Å²) in [6.45, 7) is 0. The van der Waals surface area contributed by atoms with Crippen LogP contribution in [0.15, 0.2) is 28.7 Å². The van der Waals surface area contributed by atoms with Crippen molar-refractivity contribution >= 4 is 11.5 Å². The van der Waals surface area contributed by atoms with Crippen LogP contribution in [0.25, 0.3) is 0 Å². The third-order valence-corrected chi connectivity index (χ3v) is 0.951. The molecule has 0 saturated heterocycles. The van der Waals surface area contributed by atoms with E-state index < -0.39 is 0 Å². The maximum absolute atomic E-state index is 9.90. The first-order chi connectivity index (χ1) is 4.88. The number of aromatic nitrogens is 1. The van der Waals surface area contributed by atoms with Crippen LogP contribution in [0.2, 0.25) is 0 Å². The van der Waals surface area contributed by atoms with Gasteiger partial charge in [-0.3, -0.25) is 0 Å². The van der Waals surface area contributed by atoms with Crippen LogP contribution in [0, 0.1) is 9.81 Å². The quantitative estimate of drug-likeness (QED) is 0.584. The van der Waals surface area contributed by atoms with Gasteiger partial charge in [0, 0.05) is 6.20 Å². The summed E-state index contributed by atoms with van der Waals surface area (Å²) >= 11 is 0. The Balaban J connectivity index is 3.20. The van der Waals surface area contributed by atoms with Gasteiger partial charge < -0.3 is 0 Å². The Morgan fingerprint density at radius 1 is 1.30 bits per heavy atom. The molecule has 0 aliphatic carbocycles. The van der Waals surface area contributed by atoms with Gasteiger partial charge in [-0.15, -0.1) is 9.81 Å². The van der Waals surface area contributed by atoms with Crippen molar-refractivity contribution in [3.8, 4) is 0 Å². The monoisotopic (exact) mass is 137 g/mol. The Morgan fingerprint density at radius 3 is 2.60 bits per heavy atom. The number of hydrogen-bond acceptors (Lipinski definition) is 5. The highest BCUT2D eigenvalue weighted by atomic mass is 16.3. The van der Waals surface area contributed by atoms with Crippen LogP contribution in [0.3, 0.4) is 0 Å². The molecule has 0 atom stereocenters. The van der Waals surface area contributed by atoms with Crippen LogP contribution < -0.4 is 0 Å². The van der Waals surface area contributed by atoms with E-state index in [0.29, 0.717) is 0 Å². The minimum atomic E-state index is -0.169. The predicted octanol–water partition coefficient (Wildman–Crippen LogP) is 1.88. The lowest BCUT2D eigenvalue weighted by molar-refractivity contribution is 1.24. The predicted molar refractivity (Wildman–Crippen MR) is 35.1 cm³/mol. The van der Waals surface area contributed by atoms with E-state index in [1.54, 1.807) is 0 Å². The van der Waals surface area contributed by atoms with Gasteiger partial charge in [0.05, 0.1) is 0 Å². The molecule has 5 nitrogen and oxygen atoms in total. The maximum atomic E-state index is 9.90. The zero-order valence-electron chi connectivity index (χ0n) is 4.89. The second kappa shape index (κ2) is 2.77. The summed E-state index contributed by atoms with van der Waals surface area (Å²) in [5.74, 6) is -0.169. The highest BCUT2D eigenvalue weighted by Crippen LogP contribution is 2.22. The second-order valence-corrected chi connectivity index (χ2v) is 1.53. The van der Waals surface area contributed by atoms with Crippen LogP contribution in [0.1, 0.15) is 0 Å². The normalized spacial score (nSPS) is 8.80. The standard InChI is InChI=1S/C5H3N3O2/c9-7-4-2-1-3-6-5(4)8-10/h1-3H. The Bertz CT molecular complexity index is 234. The first kappa shape index (κ1) is 6.47. The van der Waals surface area contributed by atoms with Crippen LogP contribution in [-0.2, 0) is 0 Å². The van der Waals surface area contributed by atoms with Crippen molar-refractivity contribution in [2.24, 2.45) is 10.4 Å². The smallest absolute Gasteiger partial charge is 0.226 e. The maximum Gasteiger partial charge on any atom is 0.226 e. The fraction of sp³-hybridized carbons (Fsp3) is 0. The van der Waals surface area contributed by atoms with E-state index in [2.05, 4.69) is 15.3 Å². The van der Waals surface area contributed by atoms with E-state index in [0.717, 1.165) is 0 Å². The number of rotatable bonds is 2. The highest BCUT2D eigenvalue weighted by Gasteiger charge is 2.00. The van der Waals surface area contributed by atoms with Crippen molar-refractivity contribution in [3.63, 3.8) is 0 Å². The highest BCUT2D eigenvalue weighted by molar-refractivity contribution is 5.55. The molecule has 0 amide bonds. The zero-order chi connectivity index (χ0) is 7.40. The Kier molecular flexibility index (Phi) is 1.79. The molecular weight excluding hydrogens is 134 g/mol. The minimum absolute atomic E-state index is 0.0301. The van der Waals surface area contributed by atoms with Gasteiger partial charge in [0.25, 0.3) is 0 Å². The Morgan fingerprint density at radius 2 is 2.10 bits per heavy atom. The third-order valence-electron chi connectivity index (χ3n) is 0.951. The summed E-state index contributed by atoms with van der Waals surface area (Å²) in [7, 11) is 0. The van der Waals surface area contributed by atoms with E-state index in [1.807, 2.05) is 0 Å². The number of nitrogens with zero attached hydrogens (tertiary/aromatic N) is 3. The lowest BCUT2D eigenvalue weighted by Gasteiger charge is -1.87. The first-order valence-corrected chi connectivity index (χ1v) is 2.50. The molecule has 0 radical (unpaired) electrons. The topological polar surface area (TPSA) is 71.8 Å². The van der Waals surface area contributed by atoms with Crippen molar-refractivity contribution < 1.29 is 0 Å². The molecule has 0 fully saturated rings. The van der Waals surface area contributed by atoms with Crippen LogP contribution in [0.4, 0.5) is 11.5 Å². The summed E-state index contributed by atoms with van der Waals surface area (Å²) in [6.07, 6.45) is 1.37. The molecule has 0 N–H and O–H groups in total. The van der Waals surface area contributed by atoms with Gasteiger partial charge in [-0.2, -0.15) is 0 Å². The molecule has 1 aromatic rings. The van der Waals surface area contributed by atoms with Crippen molar-refractivity contribution in [1.29, 1.82) is 0 Å². The molecule has 10 heavy (non-hydrogen) atoms. The van der Waals surface area contributed by atoms with Crippen molar-refractivity contribution in [2.45, 2.75) is 0 Å². The van der Waals surface area contributed by atoms with Gasteiger partial charge in [0.2, 0.25) is 5.82 Å². The number of nitroso groups, excluding NO2 is 2. The molecule has 0 aliphatic heterocycles. The molecule has 0 saturated carbocycles. The Hall–Kier alpha value is -1.65. The number of hydrogen-bond donors (Lipinski definition) is 0. The first-order valence-electron chi connectivity index (χ1n) is 2.50. The molecule has 5 heteroatoms. The molecule has 0 aliphatic rings. The van der Waals surface area contributed by atoms with Crippen molar-refractivity contribution in [1.82, 2.24) is 4.98 Å². The summed E-state index contributed by atoms with van der Waals surface area (Å²) < 4.78 is 0. The summed E-state index contributed by atoms with van der Waals surface area (Å²) in [6, 6.07) is 2.88. The lowest BCUT2D eigenvalue weighted by Crippen LogP contribution is -1.70. The summed E-state index contributed by atoms with van der Waals surface area (Å²) in [4.78, 5) is 23.3. The van der Waals surface area contributed by atoms with Gasteiger partial charge in [0.15, 0.2) is 5.69 Å². The lowest BCUT2D eigenvalue weighted by atomic mass is 10.4. The molecule has 1 heterocycles. The average Bonchev–Trinajstić information content (AvgIpc) is 2.04. The molecule has 1 aromatic heterocycles. The molecule has 0 aromatic carbocycles. The van der Waals surface area contributed by atoms with E-state index in [1.165, 1.54) is 18.3 Å². The van der Waals surface area contributed by atoms with E-state index in [4.69, 9.17) is 0 Å². The van der Waals surface area contributed by atoms with Gasteiger partial charge in [0.1, 0.15) is 0 Å². The molecule has 0 unspecified atom stereocenters. The molecule has 1 rings (SSSR count). The minimum Gasteiger partial charge on any atom is -0.232 e. The van der Waals surface area contributed by atoms with Crippen molar-refractivity contribution in [3.05, 3.63) is 28.1 Å². The Labute approximate surface area is 56.0 Å². The van der Waals surface area contributed by atoms with E-state index >= 15 is 0 Å². The molecule has 0 bridgehead atoms. The second-order valence-electron chi connectivity index (χ2n) is 1.53. The molecule has 50 valence electrons. The zero-order valence-corrected chi connectivity index (χ0v) is 4.89. The van der Waals surface area contributed by atoms with Crippen molar-refractivity contribution in [2.75, 3.05) is 0 Å². The SMILES string of the molecule is O=Nc1cccnc1N=O. The van der Waals surface area contributed by atoms with Crippen LogP contribution in [-0.4, -0.2) is 4.98 Å². The van der Waals surface area contributed by atoms with Gasteiger partial charge in [-0.05, 0) is 22.5 Å². The number of pyridine rings is 1. The van der Waals surface area contributed by atoms with Gasteiger partial charge in [-0.25, -0.2) is 4.98 Å². The molecular formula is C5H3N3O2. The van der Waals surface area contributed by atoms with Crippen LogP contribution >= 0.6 is 0 Å². The average molecular weight is 137 g/mol. The van der Waals surface area contributed by atoms with Gasteiger partial charge >= 0.3 is 0 Å². The third kappa shape index (κ3) is 1.02. The molecule has 0 spiro atoms. The fourth-order valence-electron chi connectivity index (χ4n) is 0.530. The van der Waals surface area contributed by atoms with Gasteiger partial charge in [-0.1, -0.05) is 0 Å². The van der Waals surface area contributed by atoms with Crippen LogP contribution in [0.5, 0.6) is 0 Å². The fourth-order valence-corrected chi connectivity index (χ4v) is 0.530. The van der Waals surface area contributed by atoms with E-state index in [9.17, 15) is 9.81 Å². The largest absolute Gasteiger partial charge is 0.232 e. The summed E-state index contributed by atoms with van der Waals surface area (Å²) in [5, 5.41) is 5.02.